The minimum Gasteiger partial charge on any atom is -0.333 e. The first kappa shape index (κ1) is 17.9. The van der Waals surface area contributed by atoms with Gasteiger partial charge < -0.3 is 5.32 Å². The molecule has 0 fully saturated rings. The molecule has 1 aromatic rings. The molecular formula is C12H17ClN2O4S2. The van der Waals surface area contributed by atoms with Crippen LogP contribution in [-0.2, 0) is 20.8 Å². The average Bonchev–Trinajstić information content (AvgIpc) is 2.24. The number of carbonyl (C=O) groups is 1. The molecule has 0 spiro atoms. The summed E-state index contributed by atoms with van der Waals surface area (Å²) in [4.78, 5) is 11.7. The third kappa shape index (κ3) is 5.64. The van der Waals surface area contributed by atoms with Gasteiger partial charge in [-0.3, -0.25) is 4.72 Å². The van der Waals surface area contributed by atoms with E-state index in [9.17, 15) is 17.4 Å². The molecular weight excluding hydrogens is 336 g/mol. The van der Waals surface area contributed by atoms with Gasteiger partial charge in [-0.15, -0.1) is 0 Å². The Morgan fingerprint density at radius 2 is 1.86 bits per heavy atom. The summed E-state index contributed by atoms with van der Waals surface area (Å²) in [5.41, 5.74) is -0.493. The van der Waals surface area contributed by atoms with Gasteiger partial charge in [-0.05, 0) is 39.0 Å². The van der Waals surface area contributed by atoms with Crippen LogP contribution in [0.15, 0.2) is 28.0 Å². The number of sulfone groups is 1. The second-order valence-electron chi connectivity index (χ2n) is 5.44. The standard InChI is InChI=1S/C12H17ClN2O4S2/c1-12(2,3)14-11(16)15-20(17)10-7-8(21(4,18)19)5-6-9(10)13/h5-7H,1-4H3,(H2,14,15,16). The third-order valence-electron chi connectivity index (χ3n) is 2.20. The highest BCUT2D eigenvalue weighted by molar-refractivity contribution is 7.90. The fourth-order valence-electron chi connectivity index (χ4n) is 1.36. The fraction of sp³-hybridized carbons (Fsp3) is 0.417. The quantitative estimate of drug-likeness (QED) is 0.868. The zero-order valence-corrected chi connectivity index (χ0v) is 14.4. The second kappa shape index (κ2) is 6.33. The maximum absolute atomic E-state index is 12.1. The molecule has 1 rings (SSSR count). The highest BCUT2D eigenvalue weighted by atomic mass is 35.5. The van der Waals surface area contributed by atoms with Gasteiger partial charge in [-0.2, -0.15) is 0 Å². The van der Waals surface area contributed by atoms with E-state index in [-0.39, 0.29) is 14.8 Å². The molecule has 0 heterocycles. The van der Waals surface area contributed by atoms with Crippen molar-refractivity contribution in [3.63, 3.8) is 0 Å². The van der Waals surface area contributed by atoms with E-state index in [0.717, 1.165) is 6.26 Å². The Labute approximate surface area is 131 Å². The zero-order chi connectivity index (χ0) is 16.4. The van der Waals surface area contributed by atoms with Crippen molar-refractivity contribution in [2.75, 3.05) is 6.26 Å². The number of halogens is 1. The molecule has 0 bridgehead atoms. The Morgan fingerprint density at radius 3 is 2.33 bits per heavy atom. The van der Waals surface area contributed by atoms with Crippen molar-refractivity contribution < 1.29 is 17.4 Å². The first-order valence-corrected chi connectivity index (χ1v) is 9.32. The number of nitrogens with one attached hydrogen (secondary N) is 2. The van der Waals surface area contributed by atoms with Crippen LogP contribution in [-0.4, -0.2) is 30.5 Å². The number of benzene rings is 1. The lowest BCUT2D eigenvalue weighted by Crippen LogP contribution is -2.46. The van der Waals surface area contributed by atoms with Crippen LogP contribution in [0.3, 0.4) is 0 Å². The van der Waals surface area contributed by atoms with E-state index in [1.165, 1.54) is 18.2 Å². The molecule has 1 aromatic carbocycles. The number of amides is 2. The van der Waals surface area contributed by atoms with Crippen LogP contribution in [0.2, 0.25) is 5.02 Å². The second-order valence-corrected chi connectivity index (χ2v) is 9.04. The van der Waals surface area contributed by atoms with Gasteiger partial charge in [0.25, 0.3) is 0 Å². The van der Waals surface area contributed by atoms with Crippen molar-refractivity contribution >= 4 is 38.5 Å². The minimum atomic E-state index is -3.45. The van der Waals surface area contributed by atoms with Gasteiger partial charge in [0.2, 0.25) is 0 Å². The van der Waals surface area contributed by atoms with Crippen LogP contribution >= 0.6 is 11.6 Å². The number of rotatable bonds is 3. The SMILES string of the molecule is CC(C)(C)NC(=O)NS(=O)c1cc(S(C)(=O)=O)ccc1Cl. The summed E-state index contributed by atoms with van der Waals surface area (Å²) in [5.74, 6) is 0. The van der Waals surface area contributed by atoms with Crippen LogP contribution in [0, 0.1) is 0 Å². The van der Waals surface area contributed by atoms with Crippen molar-refractivity contribution in [3.05, 3.63) is 23.2 Å². The summed E-state index contributed by atoms with van der Waals surface area (Å²) in [6, 6.07) is 3.19. The predicted octanol–water partition coefficient (Wildman–Crippen LogP) is 1.86. The largest absolute Gasteiger partial charge is 0.333 e. The van der Waals surface area contributed by atoms with Gasteiger partial charge in [-0.25, -0.2) is 17.4 Å². The van der Waals surface area contributed by atoms with E-state index in [4.69, 9.17) is 11.6 Å². The summed E-state index contributed by atoms with van der Waals surface area (Å²) in [5, 5.41) is 2.69. The van der Waals surface area contributed by atoms with Crippen LogP contribution in [0.5, 0.6) is 0 Å². The lowest BCUT2D eigenvalue weighted by molar-refractivity contribution is 0.237. The van der Waals surface area contributed by atoms with E-state index in [1.807, 2.05) is 0 Å². The van der Waals surface area contributed by atoms with E-state index < -0.39 is 32.4 Å². The van der Waals surface area contributed by atoms with Crippen molar-refractivity contribution in [2.45, 2.75) is 36.1 Å². The molecule has 1 atom stereocenters. The topological polar surface area (TPSA) is 92.3 Å². The van der Waals surface area contributed by atoms with E-state index in [0.29, 0.717) is 0 Å². The number of carbonyl (C=O) groups excluding carboxylic acids is 1. The lowest BCUT2D eigenvalue weighted by Gasteiger charge is -2.20. The first-order chi connectivity index (χ1) is 9.40. The number of hydrogen-bond donors (Lipinski definition) is 2. The first-order valence-electron chi connectivity index (χ1n) is 5.90. The molecule has 9 heteroatoms. The monoisotopic (exact) mass is 352 g/mol. The molecule has 0 aliphatic carbocycles. The Hall–Kier alpha value is -1.12. The molecule has 0 radical (unpaired) electrons. The summed E-state index contributed by atoms with van der Waals surface area (Å²) in [6.07, 6.45) is 1.03. The van der Waals surface area contributed by atoms with E-state index >= 15 is 0 Å². The van der Waals surface area contributed by atoms with Crippen LogP contribution < -0.4 is 10.0 Å². The molecule has 0 saturated carbocycles. The summed E-state index contributed by atoms with van der Waals surface area (Å²) in [7, 11) is -5.42. The Balaban J connectivity index is 3.00. The van der Waals surface area contributed by atoms with Gasteiger partial charge in [0.15, 0.2) is 20.8 Å². The molecule has 21 heavy (non-hydrogen) atoms. The van der Waals surface area contributed by atoms with Crippen molar-refractivity contribution in [1.82, 2.24) is 10.0 Å². The number of urea groups is 1. The van der Waals surface area contributed by atoms with Crippen molar-refractivity contribution in [3.8, 4) is 0 Å². The Kier molecular flexibility index (Phi) is 5.40. The molecule has 0 saturated heterocycles. The summed E-state index contributed by atoms with van der Waals surface area (Å²) in [6.45, 7) is 5.31. The predicted molar refractivity (Wildman–Crippen MR) is 82.4 cm³/mol. The van der Waals surface area contributed by atoms with Gasteiger partial charge in [-0.1, -0.05) is 11.6 Å². The molecule has 0 aliphatic rings. The van der Waals surface area contributed by atoms with E-state index in [1.54, 1.807) is 20.8 Å². The van der Waals surface area contributed by atoms with Crippen LogP contribution in [0.1, 0.15) is 20.8 Å². The summed E-state index contributed by atoms with van der Waals surface area (Å²) >= 11 is 5.90. The molecule has 0 aromatic heterocycles. The highest BCUT2D eigenvalue weighted by Gasteiger charge is 2.19. The maximum Gasteiger partial charge on any atom is 0.327 e. The molecule has 0 aliphatic heterocycles. The van der Waals surface area contributed by atoms with Gasteiger partial charge >= 0.3 is 6.03 Å². The molecule has 1 unspecified atom stereocenters. The van der Waals surface area contributed by atoms with Crippen LogP contribution in [0.4, 0.5) is 4.79 Å². The van der Waals surface area contributed by atoms with Crippen LogP contribution in [0.25, 0.3) is 0 Å². The average molecular weight is 353 g/mol. The Morgan fingerprint density at radius 1 is 1.29 bits per heavy atom. The zero-order valence-electron chi connectivity index (χ0n) is 12.1. The molecule has 118 valence electrons. The maximum atomic E-state index is 12.1. The normalized spacial score (nSPS) is 13.6. The smallest absolute Gasteiger partial charge is 0.327 e. The number of hydrogen-bond acceptors (Lipinski definition) is 4. The molecule has 2 amide bonds. The molecule has 2 N–H and O–H groups in total. The van der Waals surface area contributed by atoms with Crippen molar-refractivity contribution in [1.29, 1.82) is 0 Å². The highest BCUT2D eigenvalue weighted by Crippen LogP contribution is 2.22. The lowest BCUT2D eigenvalue weighted by atomic mass is 10.1. The molecule has 6 nitrogen and oxygen atoms in total. The van der Waals surface area contributed by atoms with Crippen molar-refractivity contribution in [2.24, 2.45) is 0 Å². The van der Waals surface area contributed by atoms with Gasteiger partial charge in [0.05, 0.1) is 14.8 Å². The third-order valence-corrected chi connectivity index (χ3v) is 4.86. The fourth-order valence-corrected chi connectivity index (χ4v) is 3.22. The van der Waals surface area contributed by atoms with Gasteiger partial charge in [0, 0.05) is 11.8 Å². The minimum absolute atomic E-state index is 0.0201. The van der Waals surface area contributed by atoms with Gasteiger partial charge in [0.1, 0.15) is 0 Å². The Bertz CT molecular complexity index is 681. The summed E-state index contributed by atoms with van der Waals surface area (Å²) < 4.78 is 37.3. The van der Waals surface area contributed by atoms with E-state index in [2.05, 4.69) is 10.0 Å².